The topological polar surface area (TPSA) is 32.3 Å². The lowest BCUT2D eigenvalue weighted by molar-refractivity contribution is 0.163. The van der Waals surface area contributed by atoms with E-state index in [1.807, 2.05) is 18.2 Å². The lowest BCUT2D eigenvalue weighted by Crippen LogP contribution is -2.45. The molecule has 3 aromatic rings. The zero-order valence-electron chi connectivity index (χ0n) is 22.7. The van der Waals surface area contributed by atoms with E-state index in [0.29, 0.717) is 24.3 Å². The molecule has 0 heterocycles. The third-order valence-corrected chi connectivity index (χ3v) is 8.22. The summed E-state index contributed by atoms with van der Waals surface area (Å²) in [5.74, 6) is 1.22. The van der Waals surface area contributed by atoms with E-state index >= 15 is 0 Å². The maximum atomic E-state index is 14.0. The molecule has 0 aliphatic heterocycles. The molecule has 3 nitrogen and oxygen atoms in total. The quantitative estimate of drug-likeness (QED) is 0.317. The maximum absolute atomic E-state index is 14.0. The van der Waals surface area contributed by atoms with Gasteiger partial charge in [0.2, 0.25) is 0 Å². The number of para-hydroxylation sites is 1. The standard InChI is InChI=1S/C33H41ClN2O/c1-23(2)29-14-10-15-30(24(3)4)32(29)35-33(37)36(22-21-27-13-8-9-16-31(27)34)28-19-17-26(18-20-28)25-11-6-5-7-12-25/h5-16,23-24,26,28H,17-22H2,1-4H3,(H,35,37). The normalized spacial score (nSPS) is 17.7. The number of nitrogens with zero attached hydrogens (tertiary/aromatic N) is 1. The van der Waals surface area contributed by atoms with Crippen LogP contribution in [0.25, 0.3) is 0 Å². The van der Waals surface area contributed by atoms with E-state index in [0.717, 1.165) is 48.4 Å². The first kappa shape index (κ1) is 27.3. The highest BCUT2D eigenvalue weighted by molar-refractivity contribution is 6.31. The van der Waals surface area contributed by atoms with Gasteiger partial charge in [0.05, 0.1) is 0 Å². The number of benzene rings is 3. The van der Waals surface area contributed by atoms with Crippen LogP contribution < -0.4 is 5.32 Å². The van der Waals surface area contributed by atoms with Crippen LogP contribution in [0.2, 0.25) is 5.02 Å². The molecule has 4 heteroatoms. The molecule has 1 aliphatic rings. The Balaban J connectivity index is 1.56. The van der Waals surface area contributed by atoms with E-state index in [1.165, 1.54) is 16.7 Å². The fraction of sp³-hybridized carbons (Fsp3) is 0.424. The van der Waals surface area contributed by atoms with Crippen molar-refractivity contribution in [1.82, 2.24) is 4.90 Å². The number of carbonyl (C=O) groups excluding carboxylic acids is 1. The minimum Gasteiger partial charge on any atom is -0.321 e. The van der Waals surface area contributed by atoms with Crippen molar-refractivity contribution in [3.05, 3.63) is 100 Å². The van der Waals surface area contributed by atoms with E-state index in [1.54, 1.807) is 0 Å². The van der Waals surface area contributed by atoms with E-state index < -0.39 is 0 Å². The van der Waals surface area contributed by atoms with Crippen LogP contribution >= 0.6 is 11.6 Å². The van der Waals surface area contributed by atoms with Gasteiger partial charge in [-0.05, 0) is 78.2 Å². The Kier molecular flexibility index (Phi) is 9.32. The summed E-state index contributed by atoms with van der Waals surface area (Å²) in [6.45, 7) is 9.41. The second-order valence-corrected chi connectivity index (χ2v) is 11.4. The minimum atomic E-state index is 0.00483. The molecular weight excluding hydrogens is 476 g/mol. The van der Waals surface area contributed by atoms with Crippen LogP contribution in [0, 0.1) is 0 Å². The van der Waals surface area contributed by atoms with Crippen molar-refractivity contribution < 1.29 is 4.79 Å². The maximum Gasteiger partial charge on any atom is 0.322 e. The van der Waals surface area contributed by atoms with Crippen molar-refractivity contribution in [2.24, 2.45) is 0 Å². The molecule has 0 bridgehead atoms. The van der Waals surface area contributed by atoms with Crippen molar-refractivity contribution in [3.63, 3.8) is 0 Å². The molecule has 196 valence electrons. The molecule has 0 spiro atoms. The zero-order valence-corrected chi connectivity index (χ0v) is 23.5. The number of hydrogen-bond donors (Lipinski definition) is 1. The first-order valence-electron chi connectivity index (χ1n) is 13.8. The van der Waals surface area contributed by atoms with Crippen LogP contribution in [0.15, 0.2) is 72.8 Å². The highest BCUT2D eigenvalue weighted by atomic mass is 35.5. The molecule has 2 amide bonds. The van der Waals surface area contributed by atoms with Crippen LogP contribution in [-0.4, -0.2) is 23.5 Å². The molecule has 0 radical (unpaired) electrons. The van der Waals surface area contributed by atoms with Gasteiger partial charge in [0.15, 0.2) is 0 Å². The average molecular weight is 517 g/mol. The van der Waals surface area contributed by atoms with E-state index in [2.05, 4.69) is 92.5 Å². The van der Waals surface area contributed by atoms with Crippen molar-refractivity contribution in [2.75, 3.05) is 11.9 Å². The van der Waals surface area contributed by atoms with Gasteiger partial charge in [-0.25, -0.2) is 4.79 Å². The number of hydrogen-bond acceptors (Lipinski definition) is 1. The molecule has 4 rings (SSSR count). The number of nitrogens with one attached hydrogen (secondary N) is 1. The van der Waals surface area contributed by atoms with Gasteiger partial charge in [-0.15, -0.1) is 0 Å². The summed E-state index contributed by atoms with van der Waals surface area (Å²) in [5.41, 5.74) is 5.88. The number of urea groups is 1. The average Bonchev–Trinajstić information content (AvgIpc) is 2.90. The van der Waals surface area contributed by atoms with Gasteiger partial charge in [0, 0.05) is 23.3 Å². The van der Waals surface area contributed by atoms with Crippen LogP contribution in [-0.2, 0) is 6.42 Å². The highest BCUT2D eigenvalue weighted by Gasteiger charge is 2.30. The first-order valence-corrected chi connectivity index (χ1v) is 14.2. The van der Waals surface area contributed by atoms with Gasteiger partial charge in [-0.3, -0.25) is 0 Å². The Morgan fingerprint density at radius 3 is 2.03 bits per heavy atom. The monoisotopic (exact) mass is 516 g/mol. The third kappa shape index (κ3) is 6.76. The molecule has 1 N–H and O–H groups in total. The second-order valence-electron chi connectivity index (χ2n) is 11.0. The minimum absolute atomic E-state index is 0.00483. The van der Waals surface area contributed by atoms with Crippen molar-refractivity contribution in [3.8, 4) is 0 Å². The van der Waals surface area contributed by atoms with Crippen LogP contribution in [0.5, 0.6) is 0 Å². The van der Waals surface area contributed by atoms with Crippen LogP contribution in [0.3, 0.4) is 0 Å². The Labute approximate surface area is 228 Å². The summed E-state index contributed by atoms with van der Waals surface area (Å²) < 4.78 is 0. The second kappa shape index (κ2) is 12.6. The number of amides is 2. The Morgan fingerprint density at radius 1 is 0.838 bits per heavy atom. The van der Waals surface area contributed by atoms with Gasteiger partial charge >= 0.3 is 6.03 Å². The predicted molar refractivity (Wildman–Crippen MR) is 157 cm³/mol. The largest absolute Gasteiger partial charge is 0.322 e. The van der Waals surface area contributed by atoms with Crippen LogP contribution in [0.1, 0.15) is 93.4 Å². The van der Waals surface area contributed by atoms with E-state index in [9.17, 15) is 4.79 Å². The molecular formula is C33H41ClN2O. The Bertz CT molecular complexity index is 1140. The Hall–Kier alpha value is -2.78. The van der Waals surface area contributed by atoms with Gasteiger partial charge in [0.25, 0.3) is 0 Å². The molecule has 0 unspecified atom stereocenters. The summed E-state index contributed by atoms with van der Waals surface area (Å²) in [4.78, 5) is 16.1. The Morgan fingerprint density at radius 2 is 1.43 bits per heavy atom. The van der Waals surface area contributed by atoms with Crippen molar-refractivity contribution in [1.29, 1.82) is 0 Å². The van der Waals surface area contributed by atoms with Gasteiger partial charge in [0.1, 0.15) is 0 Å². The van der Waals surface area contributed by atoms with Crippen molar-refractivity contribution in [2.45, 2.75) is 83.6 Å². The summed E-state index contributed by atoms with van der Waals surface area (Å²) in [6, 6.07) is 25.4. The van der Waals surface area contributed by atoms with E-state index in [-0.39, 0.29) is 12.1 Å². The summed E-state index contributed by atoms with van der Waals surface area (Å²) in [5, 5.41) is 4.15. The lowest BCUT2D eigenvalue weighted by atomic mass is 9.81. The van der Waals surface area contributed by atoms with Crippen molar-refractivity contribution >= 4 is 23.3 Å². The number of carbonyl (C=O) groups is 1. The van der Waals surface area contributed by atoms with Gasteiger partial charge < -0.3 is 10.2 Å². The fourth-order valence-electron chi connectivity index (χ4n) is 5.71. The molecule has 0 saturated heterocycles. The molecule has 0 aromatic heterocycles. The van der Waals surface area contributed by atoms with Crippen LogP contribution in [0.4, 0.5) is 10.5 Å². The smallest absolute Gasteiger partial charge is 0.321 e. The summed E-state index contributed by atoms with van der Waals surface area (Å²) >= 11 is 6.48. The number of halogens is 1. The van der Waals surface area contributed by atoms with Gasteiger partial charge in [-0.2, -0.15) is 0 Å². The summed E-state index contributed by atoms with van der Waals surface area (Å²) in [6.07, 6.45) is 4.97. The molecule has 0 atom stereocenters. The fourth-order valence-corrected chi connectivity index (χ4v) is 5.94. The third-order valence-electron chi connectivity index (χ3n) is 7.85. The lowest BCUT2D eigenvalue weighted by Gasteiger charge is -2.37. The zero-order chi connectivity index (χ0) is 26.4. The highest BCUT2D eigenvalue weighted by Crippen LogP contribution is 2.36. The number of rotatable bonds is 8. The first-order chi connectivity index (χ1) is 17.8. The van der Waals surface area contributed by atoms with E-state index in [4.69, 9.17) is 11.6 Å². The molecule has 3 aromatic carbocycles. The number of anilines is 1. The molecule has 1 saturated carbocycles. The summed E-state index contributed by atoms with van der Waals surface area (Å²) in [7, 11) is 0. The molecule has 1 aliphatic carbocycles. The predicted octanol–water partition coefficient (Wildman–Crippen LogP) is 9.39. The van der Waals surface area contributed by atoms with Gasteiger partial charge in [-0.1, -0.05) is 106 Å². The molecule has 37 heavy (non-hydrogen) atoms. The SMILES string of the molecule is CC(C)c1cccc(C(C)C)c1NC(=O)N(CCc1ccccc1Cl)C1CCC(c2ccccc2)CC1. The molecule has 1 fully saturated rings.